The summed E-state index contributed by atoms with van der Waals surface area (Å²) >= 11 is 0. The molecule has 164 valence electrons. The number of methoxy groups -OCH3 is 1. The maximum absolute atomic E-state index is 13.0. The van der Waals surface area contributed by atoms with Crippen LogP contribution in [0.5, 0.6) is 0 Å². The summed E-state index contributed by atoms with van der Waals surface area (Å²) in [6.45, 7) is 3.02. The number of halogens is 3. The molecule has 2 aromatic heterocycles. The van der Waals surface area contributed by atoms with Crippen molar-refractivity contribution in [1.29, 1.82) is 0 Å². The van der Waals surface area contributed by atoms with Crippen molar-refractivity contribution in [3.63, 3.8) is 0 Å². The molecule has 2 fully saturated rings. The SMILES string of the molecule is COC(=O)N1CCO[C@H](c2cc(C)nc3cc(C4CCC(C(F)(F)F)CC4)nn23)C1. The highest BCUT2D eigenvalue weighted by atomic mass is 19.4. The highest BCUT2D eigenvalue weighted by Gasteiger charge is 2.42. The molecular weight excluding hydrogens is 401 g/mol. The third-order valence-electron chi connectivity index (χ3n) is 6.04. The van der Waals surface area contributed by atoms with Crippen LogP contribution in [0.2, 0.25) is 0 Å². The van der Waals surface area contributed by atoms with E-state index in [4.69, 9.17) is 9.47 Å². The number of amides is 1. The lowest BCUT2D eigenvalue weighted by atomic mass is 9.80. The van der Waals surface area contributed by atoms with Crippen molar-refractivity contribution in [3.8, 4) is 0 Å². The number of hydrogen-bond acceptors (Lipinski definition) is 5. The van der Waals surface area contributed by atoms with Gasteiger partial charge in [-0.05, 0) is 38.7 Å². The number of carbonyl (C=O) groups is 1. The predicted molar refractivity (Wildman–Crippen MR) is 101 cm³/mol. The van der Waals surface area contributed by atoms with E-state index < -0.39 is 24.3 Å². The molecule has 0 N–H and O–H groups in total. The topological polar surface area (TPSA) is 69.0 Å². The van der Waals surface area contributed by atoms with Gasteiger partial charge in [-0.25, -0.2) is 14.3 Å². The van der Waals surface area contributed by atoms with Crippen LogP contribution in [0.1, 0.15) is 54.8 Å². The molecular formula is C20H25F3N4O3. The number of aryl methyl sites for hydroxylation is 1. The average molecular weight is 426 g/mol. The number of morpholine rings is 1. The average Bonchev–Trinajstić information content (AvgIpc) is 3.16. The van der Waals surface area contributed by atoms with Crippen molar-refractivity contribution in [2.75, 3.05) is 26.8 Å². The standard InChI is InChI=1S/C20H25F3N4O3/c1-12-9-16(17-11-26(7-8-30-17)19(28)29-2)27-18(24-12)10-15(25-27)13-3-5-14(6-4-13)20(21,22)23/h9-10,13-14,17H,3-8,11H2,1-2H3/t13?,14?,17-/m0/s1. The Labute approximate surface area is 172 Å². The summed E-state index contributed by atoms with van der Waals surface area (Å²) in [5.41, 5.74) is 2.94. The fourth-order valence-corrected chi connectivity index (χ4v) is 4.42. The number of rotatable bonds is 2. The van der Waals surface area contributed by atoms with Crippen LogP contribution in [0.15, 0.2) is 12.1 Å². The summed E-state index contributed by atoms with van der Waals surface area (Å²) < 4.78 is 51.3. The Kier molecular flexibility index (Phi) is 5.61. The Bertz CT molecular complexity index is 922. The Morgan fingerprint density at radius 1 is 1.23 bits per heavy atom. The van der Waals surface area contributed by atoms with Crippen LogP contribution in [0.3, 0.4) is 0 Å². The van der Waals surface area contributed by atoms with Crippen LogP contribution in [0.25, 0.3) is 5.65 Å². The van der Waals surface area contributed by atoms with Gasteiger partial charge in [-0.1, -0.05) is 0 Å². The molecule has 1 amide bonds. The van der Waals surface area contributed by atoms with E-state index >= 15 is 0 Å². The number of nitrogens with zero attached hydrogens (tertiary/aromatic N) is 4. The third-order valence-corrected chi connectivity index (χ3v) is 6.04. The quantitative estimate of drug-likeness (QED) is 0.726. The zero-order valence-corrected chi connectivity index (χ0v) is 17.0. The van der Waals surface area contributed by atoms with Gasteiger partial charge in [0, 0.05) is 24.2 Å². The lowest BCUT2D eigenvalue weighted by Gasteiger charge is -2.32. The zero-order valence-electron chi connectivity index (χ0n) is 17.0. The van der Waals surface area contributed by atoms with Crippen LogP contribution in [-0.2, 0) is 9.47 Å². The number of aromatic nitrogens is 3. The predicted octanol–water partition coefficient (Wildman–Crippen LogP) is 4.01. The second-order valence-corrected chi connectivity index (χ2v) is 8.03. The van der Waals surface area contributed by atoms with E-state index in [1.54, 1.807) is 9.42 Å². The van der Waals surface area contributed by atoms with Gasteiger partial charge in [0.05, 0.1) is 37.6 Å². The summed E-state index contributed by atoms with van der Waals surface area (Å²) in [6, 6.07) is 3.73. The smallest absolute Gasteiger partial charge is 0.409 e. The maximum atomic E-state index is 13.0. The van der Waals surface area contributed by atoms with E-state index in [1.165, 1.54) is 7.11 Å². The molecule has 2 aromatic rings. The van der Waals surface area contributed by atoms with Crippen LogP contribution in [0, 0.1) is 12.8 Å². The van der Waals surface area contributed by atoms with Crippen molar-refractivity contribution in [2.24, 2.45) is 5.92 Å². The summed E-state index contributed by atoms with van der Waals surface area (Å²) in [5, 5.41) is 4.69. The first-order chi connectivity index (χ1) is 14.3. The largest absolute Gasteiger partial charge is 0.453 e. The van der Waals surface area contributed by atoms with Gasteiger partial charge < -0.3 is 14.4 Å². The van der Waals surface area contributed by atoms with Crippen LogP contribution < -0.4 is 0 Å². The highest BCUT2D eigenvalue weighted by Crippen LogP contribution is 2.42. The second-order valence-electron chi connectivity index (χ2n) is 8.03. The number of carbonyl (C=O) groups excluding carboxylic acids is 1. The lowest BCUT2D eigenvalue weighted by Crippen LogP contribution is -2.42. The van der Waals surface area contributed by atoms with E-state index in [2.05, 4.69) is 10.1 Å². The molecule has 0 bridgehead atoms. The van der Waals surface area contributed by atoms with Crippen molar-refractivity contribution in [2.45, 2.75) is 50.8 Å². The van der Waals surface area contributed by atoms with Crippen LogP contribution in [0.4, 0.5) is 18.0 Å². The molecule has 0 spiro atoms. The third kappa shape index (κ3) is 4.10. The van der Waals surface area contributed by atoms with Crippen molar-refractivity contribution < 1.29 is 27.4 Å². The monoisotopic (exact) mass is 426 g/mol. The first-order valence-corrected chi connectivity index (χ1v) is 10.1. The molecule has 1 saturated carbocycles. The van der Waals surface area contributed by atoms with Gasteiger partial charge in [0.1, 0.15) is 6.10 Å². The van der Waals surface area contributed by atoms with E-state index in [9.17, 15) is 18.0 Å². The van der Waals surface area contributed by atoms with Crippen LogP contribution in [-0.4, -0.2) is 58.6 Å². The minimum atomic E-state index is -4.13. The minimum absolute atomic E-state index is 0.0164. The zero-order chi connectivity index (χ0) is 21.5. The summed E-state index contributed by atoms with van der Waals surface area (Å²) in [4.78, 5) is 18.0. The fourth-order valence-electron chi connectivity index (χ4n) is 4.42. The molecule has 7 nitrogen and oxygen atoms in total. The maximum Gasteiger partial charge on any atom is 0.409 e. The van der Waals surface area contributed by atoms with E-state index in [0.717, 1.165) is 17.1 Å². The Morgan fingerprint density at radius 3 is 2.63 bits per heavy atom. The summed E-state index contributed by atoms with van der Waals surface area (Å²) in [7, 11) is 1.34. The summed E-state index contributed by atoms with van der Waals surface area (Å²) in [6.07, 6.45) is -3.76. The summed E-state index contributed by atoms with van der Waals surface area (Å²) in [5.74, 6) is -1.24. The molecule has 0 aromatic carbocycles. The van der Waals surface area contributed by atoms with Gasteiger partial charge in [0.15, 0.2) is 5.65 Å². The molecule has 1 aliphatic heterocycles. The molecule has 1 aliphatic carbocycles. The van der Waals surface area contributed by atoms with E-state index in [0.29, 0.717) is 38.2 Å². The number of alkyl halides is 3. The van der Waals surface area contributed by atoms with Crippen molar-refractivity contribution >= 4 is 11.7 Å². The highest BCUT2D eigenvalue weighted by molar-refractivity contribution is 5.67. The first kappa shape index (κ1) is 20.9. The van der Waals surface area contributed by atoms with Gasteiger partial charge in [-0.2, -0.15) is 18.3 Å². The molecule has 0 unspecified atom stereocenters. The van der Waals surface area contributed by atoms with Crippen molar-refractivity contribution in [1.82, 2.24) is 19.5 Å². The minimum Gasteiger partial charge on any atom is -0.453 e. The van der Waals surface area contributed by atoms with Gasteiger partial charge in [0.25, 0.3) is 0 Å². The molecule has 3 heterocycles. The molecule has 4 rings (SSSR count). The Balaban J connectivity index is 1.59. The van der Waals surface area contributed by atoms with Crippen molar-refractivity contribution in [3.05, 3.63) is 29.2 Å². The molecule has 2 aliphatic rings. The molecule has 10 heteroatoms. The molecule has 30 heavy (non-hydrogen) atoms. The second kappa shape index (κ2) is 8.05. The van der Waals surface area contributed by atoms with Gasteiger partial charge in [-0.15, -0.1) is 0 Å². The Hall–Kier alpha value is -2.36. The number of ether oxygens (including phenoxy) is 2. The van der Waals surface area contributed by atoms with E-state index in [-0.39, 0.29) is 18.8 Å². The normalized spacial score (nSPS) is 25.5. The van der Waals surface area contributed by atoms with Gasteiger partial charge in [0.2, 0.25) is 0 Å². The fraction of sp³-hybridized carbons (Fsp3) is 0.650. The van der Waals surface area contributed by atoms with E-state index in [1.807, 2.05) is 19.1 Å². The molecule has 1 saturated heterocycles. The number of hydrogen-bond donors (Lipinski definition) is 0. The van der Waals surface area contributed by atoms with Gasteiger partial charge >= 0.3 is 12.3 Å². The van der Waals surface area contributed by atoms with Crippen LogP contribution >= 0.6 is 0 Å². The van der Waals surface area contributed by atoms with Gasteiger partial charge in [-0.3, -0.25) is 0 Å². The number of fused-ring (bicyclic) bond motifs is 1. The molecule has 1 atom stereocenters. The lowest BCUT2D eigenvalue weighted by molar-refractivity contribution is -0.182. The molecule has 0 radical (unpaired) electrons. The first-order valence-electron chi connectivity index (χ1n) is 10.1. The Morgan fingerprint density at radius 2 is 1.97 bits per heavy atom.